The summed E-state index contributed by atoms with van der Waals surface area (Å²) >= 11 is 0. The van der Waals surface area contributed by atoms with Crippen LogP contribution in [0.3, 0.4) is 0 Å². The standard InChI is InChI=1S/C27H29NO4/c1-4-10-20(11-5-1)16-29-25-23-19-32-28-24(23)26(30-17-21-12-6-2-7-13-21)27(25)31-18-22-14-8-3-9-15-22/h1-15,23-28H,16-19H2. The third-order valence-corrected chi connectivity index (χ3v) is 6.24. The molecule has 1 saturated carbocycles. The molecule has 0 amide bonds. The lowest BCUT2D eigenvalue weighted by Crippen LogP contribution is -2.42. The summed E-state index contributed by atoms with van der Waals surface area (Å²) in [6, 6.07) is 30.7. The molecule has 2 aliphatic rings. The Bertz CT molecular complexity index is 896. The van der Waals surface area contributed by atoms with Crippen molar-refractivity contribution in [2.75, 3.05) is 6.61 Å². The maximum absolute atomic E-state index is 6.48. The third kappa shape index (κ3) is 4.93. The Morgan fingerprint density at radius 2 is 1.03 bits per heavy atom. The van der Waals surface area contributed by atoms with Gasteiger partial charge in [-0.1, -0.05) is 91.0 Å². The number of benzene rings is 3. The Kier molecular flexibility index (Phi) is 6.92. The minimum absolute atomic E-state index is 0.0280. The van der Waals surface area contributed by atoms with Crippen LogP contribution in [0.2, 0.25) is 0 Å². The minimum atomic E-state index is -0.200. The van der Waals surface area contributed by atoms with Crippen LogP contribution in [0.1, 0.15) is 16.7 Å². The number of fused-ring (bicyclic) bond motifs is 1. The summed E-state index contributed by atoms with van der Waals surface area (Å²) in [5.41, 5.74) is 6.59. The first-order valence-electron chi connectivity index (χ1n) is 11.2. The summed E-state index contributed by atoms with van der Waals surface area (Å²) in [5, 5.41) is 0. The zero-order valence-electron chi connectivity index (χ0n) is 18.0. The highest BCUT2D eigenvalue weighted by molar-refractivity contribution is 5.16. The highest BCUT2D eigenvalue weighted by Gasteiger charge is 2.55. The first-order valence-corrected chi connectivity index (χ1v) is 11.2. The predicted molar refractivity (Wildman–Crippen MR) is 121 cm³/mol. The zero-order valence-corrected chi connectivity index (χ0v) is 18.0. The molecule has 32 heavy (non-hydrogen) atoms. The minimum Gasteiger partial charge on any atom is -0.370 e. The van der Waals surface area contributed by atoms with E-state index in [9.17, 15) is 0 Å². The molecule has 5 atom stereocenters. The molecule has 0 spiro atoms. The van der Waals surface area contributed by atoms with Crippen molar-refractivity contribution in [3.8, 4) is 0 Å². The molecule has 166 valence electrons. The second-order valence-corrected chi connectivity index (χ2v) is 8.40. The van der Waals surface area contributed by atoms with Crippen LogP contribution in [0.4, 0.5) is 0 Å². The van der Waals surface area contributed by atoms with Crippen molar-refractivity contribution in [2.24, 2.45) is 5.92 Å². The molecular formula is C27H29NO4. The molecule has 0 radical (unpaired) electrons. The van der Waals surface area contributed by atoms with Crippen molar-refractivity contribution in [3.05, 3.63) is 108 Å². The van der Waals surface area contributed by atoms with Gasteiger partial charge in [-0.3, -0.25) is 0 Å². The fourth-order valence-corrected chi connectivity index (χ4v) is 4.58. The molecule has 1 saturated heterocycles. The van der Waals surface area contributed by atoms with Gasteiger partial charge in [0, 0.05) is 5.92 Å². The maximum Gasteiger partial charge on any atom is 0.112 e. The summed E-state index contributed by atoms with van der Waals surface area (Å²) in [4.78, 5) is 5.62. The van der Waals surface area contributed by atoms with E-state index in [1.54, 1.807) is 0 Å². The van der Waals surface area contributed by atoms with Gasteiger partial charge in [0.05, 0.1) is 38.6 Å². The number of ether oxygens (including phenoxy) is 3. The third-order valence-electron chi connectivity index (χ3n) is 6.24. The summed E-state index contributed by atoms with van der Waals surface area (Å²) in [5.74, 6) is 0.167. The second kappa shape index (κ2) is 10.4. The van der Waals surface area contributed by atoms with Gasteiger partial charge in [0.2, 0.25) is 0 Å². The Balaban J connectivity index is 1.33. The van der Waals surface area contributed by atoms with Crippen molar-refractivity contribution in [1.29, 1.82) is 0 Å². The Morgan fingerprint density at radius 3 is 1.53 bits per heavy atom. The zero-order chi connectivity index (χ0) is 21.6. The fourth-order valence-electron chi connectivity index (χ4n) is 4.58. The van der Waals surface area contributed by atoms with E-state index >= 15 is 0 Å². The van der Waals surface area contributed by atoms with Crippen molar-refractivity contribution in [1.82, 2.24) is 5.48 Å². The van der Waals surface area contributed by atoms with Crippen LogP contribution in [0, 0.1) is 5.92 Å². The molecule has 0 bridgehead atoms. The van der Waals surface area contributed by atoms with E-state index in [-0.39, 0.29) is 30.3 Å². The SMILES string of the molecule is c1ccc(COC2C3CONC3C(OCc3ccccc3)C2OCc2ccccc2)cc1. The van der Waals surface area contributed by atoms with Crippen LogP contribution in [-0.4, -0.2) is 31.0 Å². The van der Waals surface area contributed by atoms with Gasteiger partial charge in [0.15, 0.2) is 0 Å². The van der Waals surface area contributed by atoms with E-state index in [0.29, 0.717) is 26.4 Å². The molecule has 1 aliphatic heterocycles. The average molecular weight is 432 g/mol. The predicted octanol–water partition coefficient (Wildman–Crippen LogP) is 4.28. The first-order chi connectivity index (χ1) is 15.9. The van der Waals surface area contributed by atoms with E-state index < -0.39 is 0 Å². The number of rotatable bonds is 9. The van der Waals surface area contributed by atoms with E-state index in [2.05, 4.69) is 41.9 Å². The van der Waals surface area contributed by atoms with Gasteiger partial charge in [0.25, 0.3) is 0 Å². The smallest absolute Gasteiger partial charge is 0.112 e. The maximum atomic E-state index is 6.48. The summed E-state index contributed by atoms with van der Waals surface area (Å²) in [7, 11) is 0. The van der Waals surface area contributed by atoms with E-state index in [1.807, 2.05) is 54.6 Å². The number of hydrogen-bond donors (Lipinski definition) is 1. The molecular weight excluding hydrogens is 402 g/mol. The van der Waals surface area contributed by atoms with Crippen LogP contribution in [0.25, 0.3) is 0 Å². The number of nitrogens with one attached hydrogen (secondary N) is 1. The average Bonchev–Trinajstić information content (AvgIpc) is 3.43. The van der Waals surface area contributed by atoms with Gasteiger partial charge in [-0.15, -0.1) is 0 Å². The topological polar surface area (TPSA) is 49.0 Å². The molecule has 1 aliphatic carbocycles. The summed E-state index contributed by atoms with van der Waals surface area (Å²) in [6.45, 7) is 2.15. The van der Waals surface area contributed by atoms with Crippen molar-refractivity contribution in [3.63, 3.8) is 0 Å². The molecule has 3 aromatic rings. The largest absolute Gasteiger partial charge is 0.370 e. The van der Waals surface area contributed by atoms with Crippen molar-refractivity contribution >= 4 is 0 Å². The number of hydroxylamine groups is 1. The molecule has 5 unspecified atom stereocenters. The normalized spacial score (nSPS) is 26.8. The van der Waals surface area contributed by atoms with E-state index in [1.165, 1.54) is 0 Å². The molecule has 5 rings (SSSR count). The molecule has 2 fully saturated rings. The quantitative estimate of drug-likeness (QED) is 0.548. The lowest BCUT2D eigenvalue weighted by molar-refractivity contribution is -0.140. The number of hydrogen-bond acceptors (Lipinski definition) is 5. The first kappa shape index (κ1) is 21.3. The molecule has 5 nitrogen and oxygen atoms in total. The van der Waals surface area contributed by atoms with Crippen LogP contribution in [0.5, 0.6) is 0 Å². The van der Waals surface area contributed by atoms with Crippen molar-refractivity contribution in [2.45, 2.75) is 44.2 Å². The molecule has 5 heteroatoms. The van der Waals surface area contributed by atoms with Crippen LogP contribution in [-0.2, 0) is 38.9 Å². The van der Waals surface area contributed by atoms with E-state index in [4.69, 9.17) is 19.0 Å². The van der Waals surface area contributed by atoms with E-state index in [0.717, 1.165) is 16.7 Å². The lowest BCUT2D eigenvalue weighted by atomic mass is 10.0. The second-order valence-electron chi connectivity index (χ2n) is 8.40. The molecule has 3 aromatic carbocycles. The summed E-state index contributed by atoms with van der Waals surface area (Å²) < 4.78 is 19.4. The summed E-state index contributed by atoms with van der Waals surface area (Å²) in [6.07, 6.45) is -0.499. The molecule has 1 N–H and O–H groups in total. The Hall–Kier alpha value is -2.54. The van der Waals surface area contributed by atoms with Gasteiger partial charge in [-0.25, -0.2) is 0 Å². The van der Waals surface area contributed by atoms with Gasteiger partial charge in [-0.05, 0) is 16.7 Å². The van der Waals surface area contributed by atoms with Crippen LogP contribution < -0.4 is 5.48 Å². The van der Waals surface area contributed by atoms with Gasteiger partial charge < -0.3 is 19.0 Å². The Morgan fingerprint density at radius 1 is 0.594 bits per heavy atom. The van der Waals surface area contributed by atoms with Gasteiger partial charge in [-0.2, -0.15) is 5.48 Å². The van der Waals surface area contributed by atoms with Crippen LogP contribution in [0.15, 0.2) is 91.0 Å². The fraction of sp³-hybridized carbons (Fsp3) is 0.333. The van der Waals surface area contributed by atoms with Gasteiger partial charge >= 0.3 is 0 Å². The molecule has 1 heterocycles. The monoisotopic (exact) mass is 431 g/mol. The van der Waals surface area contributed by atoms with Crippen molar-refractivity contribution < 1.29 is 19.0 Å². The highest BCUT2D eigenvalue weighted by Crippen LogP contribution is 2.38. The molecule has 0 aromatic heterocycles. The Labute approximate surface area is 189 Å². The highest BCUT2D eigenvalue weighted by atomic mass is 16.7. The van der Waals surface area contributed by atoms with Gasteiger partial charge in [0.1, 0.15) is 12.2 Å². The lowest BCUT2D eigenvalue weighted by Gasteiger charge is -2.28. The van der Waals surface area contributed by atoms with Crippen LogP contribution >= 0.6 is 0 Å².